The Bertz CT molecular complexity index is 869. The van der Waals surface area contributed by atoms with E-state index >= 15 is 0 Å². The van der Waals surface area contributed by atoms with Crippen LogP contribution in [0.2, 0.25) is 5.02 Å². The number of benzene rings is 1. The van der Waals surface area contributed by atoms with E-state index in [1.807, 2.05) is 30.3 Å². The number of amides is 1. The minimum Gasteiger partial charge on any atom is -0.354 e. The van der Waals surface area contributed by atoms with Crippen molar-refractivity contribution in [2.75, 3.05) is 55.6 Å². The molecule has 2 saturated heterocycles. The van der Waals surface area contributed by atoms with Crippen molar-refractivity contribution >= 4 is 29.1 Å². The van der Waals surface area contributed by atoms with Gasteiger partial charge in [0, 0.05) is 50.8 Å². The average molecular weight is 443 g/mol. The lowest BCUT2D eigenvalue weighted by atomic mass is 9.97. The molecule has 1 aromatic heterocycles. The number of piperazine rings is 1. The van der Waals surface area contributed by atoms with Crippen molar-refractivity contribution in [3.8, 4) is 0 Å². The molecule has 166 valence electrons. The minimum atomic E-state index is -0.0557. The fraction of sp³-hybridized carbons (Fsp3) is 0.522. The first-order chi connectivity index (χ1) is 15.1. The van der Waals surface area contributed by atoms with Gasteiger partial charge in [0.05, 0.1) is 5.92 Å². The van der Waals surface area contributed by atoms with Crippen LogP contribution in [0.1, 0.15) is 25.3 Å². The summed E-state index contributed by atoms with van der Waals surface area (Å²) in [5.41, 5.74) is 0.936. The number of piperidine rings is 1. The van der Waals surface area contributed by atoms with Gasteiger partial charge in [-0.1, -0.05) is 36.7 Å². The van der Waals surface area contributed by atoms with E-state index in [1.165, 1.54) is 0 Å². The maximum atomic E-state index is 12.7. The van der Waals surface area contributed by atoms with E-state index < -0.39 is 0 Å². The summed E-state index contributed by atoms with van der Waals surface area (Å²) >= 11 is 6.20. The Kier molecular flexibility index (Phi) is 7.25. The van der Waals surface area contributed by atoms with Crippen LogP contribution in [0, 0.1) is 5.92 Å². The van der Waals surface area contributed by atoms with E-state index in [0.29, 0.717) is 18.1 Å². The Hall–Kier alpha value is -2.38. The Morgan fingerprint density at radius 3 is 2.42 bits per heavy atom. The molecule has 4 rings (SSSR count). The molecule has 0 spiro atoms. The van der Waals surface area contributed by atoms with Crippen LogP contribution in [0.5, 0.6) is 0 Å². The lowest BCUT2D eigenvalue weighted by Crippen LogP contribution is -2.46. The van der Waals surface area contributed by atoms with E-state index in [-0.39, 0.29) is 11.8 Å². The second-order valence-electron chi connectivity index (χ2n) is 8.27. The van der Waals surface area contributed by atoms with Crippen LogP contribution in [-0.2, 0) is 11.3 Å². The Morgan fingerprint density at radius 2 is 1.74 bits per heavy atom. The van der Waals surface area contributed by atoms with Gasteiger partial charge >= 0.3 is 0 Å². The highest BCUT2D eigenvalue weighted by molar-refractivity contribution is 6.31. The van der Waals surface area contributed by atoms with Crippen LogP contribution < -0.4 is 15.1 Å². The molecule has 1 atom stereocenters. The Morgan fingerprint density at radius 1 is 1.03 bits per heavy atom. The van der Waals surface area contributed by atoms with Crippen molar-refractivity contribution in [1.82, 2.24) is 20.4 Å². The standard InChI is InChI=1S/C23H31ClN6O/c1-2-28-12-14-29(15-13-28)21-9-10-22(27-26-21)30-11-5-7-19(17-30)23(31)25-16-18-6-3-4-8-20(18)24/h3-4,6,8-10,19H,2,5,7,11-17H2,1H3,(H,25,31)/t19-/m0/s1. The molecule has 2 aliphatic rings. The third kappa shape index (κ3) is 5.46. The SMILES string of the molecule is CCN1CCN(c2ccc(N3CCC[C@H](C(=O)NCc4ccccc4Cl)C3)nn2)CC1. The van der Waals surface area contributed by atoms with Gasteiger partial charge in [0.2, 0.25) is 5.91 Å². The maximum absolute atomic E-state index is 12.7. The van der Waals surface area contributed by atoms with Gasteiger partial charge in [-0.2, -0.15) is 0 Å². The molecule has 0 radical (unpaired) electrons. The molecule has 0 saturated carbocycles. The van der Waals surface area contributed by atoms with Crippen molar-refractivity contribution in [3.05, 3.63) is 47.0 Å². The normalized spacial score (nSPS) is 20.0. The zero-order chi connectivity index (χ0) is 21.6. The largest absolute Gasteiger partial charge is 0.354 e. The number of carbonyl (C=O) groups excluding carboxylic acids is 1. The molecule has 0 unspecified atom stereocenters. The first kappa shape index (κ1) is 21.8. The molecule has 3 heterocycles. The predicted molar refractivity (Wildman–Crippen MR) is 125 cm³/mol. The highest BCUT2D eigenvalue weighted by atomic mass is 35.5. The number of anilines is 2. The van der Waals surface area contributed by atoms with Crippen LogP contribution in [0.3, 0.4) is 0 Å². The Labute approximate surface area is 189 Å². The molecule has 2 aromatic rings. The second kappa shape index (κ2) is 10.3. The highest BCUT2D eigenvalue weighted by Crippen LogP contribution is 2.23. The number of likely N-dealkylation sites (N-methyl/N-ethyl adjacent to an activating group) is 1. The lowest BCUT2D eigenvalue weighted by Gasteiger charge is -2.35. The van der Waals surface area contributed by atoms with Crippen molar-refractivity contribution in [1.29, 1.82) is 0 Å². The van der Waals surface area contributed by atoms with Gasteiger partial charge in [-0.3, -0.25) is 4.79 Å². The molecule has 2 fully saturated rings. The molecule has 1 amide bonds. The summed E-state index contributed by atoms with van der Waals surface area (Å²) in [7, 11) is 0. The van der Waals surface area contributed by atoms with Gasteiger partial charge < -0.3 is 20.0 Å². The zero-order valence-corrected chi connectivity index (χ0v) is 18.9. The highest BCUT2D eigenvalue weighted by Gasteiger charge is 2.27. The summed E-state index contributed by atoms with van der Waals surface area (Å²) in [5.74, 6) is 1.80. The summed E-state index contributed by atoms with van der Waals surface area (Å²) in [4.78, 5) is 19.7. The van der Waals surface area contributed by atoms with E-state index in [2.05, 4.69) is 43.2 Å². The minimum absolute atomic E-state index is 0.0557. The molecule has 31 heavy (non-hydrogen) atoms. The van der Waals surface area contributed by atoms with Crippen molar-refractivity contribution < 1.29 is 4.79 Å². The van der Waals surface area contributed by atoms with Crippen molar-refractivity contribution in [3.63, 3.8) is 0 Å². The summed E-state index contributed by atoms with van der Waals surface area (Å²) < 4.78 is 0. The third-order valence-corrected chi connectivity index (χ3v) is 6.68. The molecule has 0 bridgehead atoms. The number of carbonyl (C=O) groups is 1. The smallest absolute Gasteiger partial charge is 0.225 e. The molecular weight excluding hydrogens is 412 g/mol. The lowest BCUT2D eigenvalue weighted by molar-refractivity contribution is -0.125. The molecule has 2 aliphatic heterocycles. The first-order valence-corrected chi connectivity index (χ1v) is 11.6. The van der Waals surface area contributed by atoms with E-state index in [0.717, 1.165) is 69.3 Å². The molecule has 8 heteroatoms. The van der Waals surface area contributed by atoms with E-state index in [4.69, 9.17) is 11.6 Å². The van der Waals surface area contributed by atoms with Gasteiger partial charge in [-0.15, -0.1) is 10.2 Å². The average Bonchev–Trinajstić information content (AvgIpc) is 2.83. The fourth-order valence-electron chi connectivity index (χ4n) is 4.32. The number of hydrogen-bond donors (Lipinski definition) is 1. The molecular formula is C23H31ClN6O. The van der Waals surface area contributed by atoms with Crippen LogP contribution in [0.15, 0.2) is 36.4 Å². The number of nitrogens with one attached hydrogen (secondary N) is 1. The topological polar surface area (TPSA) is 64.6 Å². The molecule has 1 aromatic carbocycles. The molecule has 7 nitrogen and oxygen atoms in total. The summed E-state index contributed by atoms with van der Waals surface area (Å²) in [6.45, 7) is 9.42. The van der Waals surface area contributed by atoms with Crippen molar-refractivity contribution in [2.45, 2.75) is 26.3 Å². The zero-order valence-electron chi connectivity index (χ0n) is 18.1. The van der Waals surface area contributed by atoms with Crippen LogP contribution >= 0.6 is 11.6 Å². The van der Waals surface area contributed by atoms with E-state index in [1.54, 1.807) is 0 Å². The van der Waals surface area contributed by atoms with Gasteiger partial charge in [-0.05, 0) is 43.1 Å². The number of aromatic nitrogens is 2. The number of rotatable bonds is 6. The number of hydrogen-bond acceptors (Lipinski definition) is 6. The van der Waals surface area contributed by atoms with Crippen LogP contribution in [0.25, 0.3) is 0 Å². The monoisotopic (exact) mass is 442 g/mol. The van der Waals surface area contributed by atoms with Gasteiger partial charge in [0.25, 0.3) is 0 Å². The summed E-state index contributed by atoms with van der Waals surface area (Å²) in [6, 6.07) is 11.7. The first-order valence-electron chi connectivity index (χ1n) is 11.2. The van der Waals surface area contributed by atoms with Crippen molar-refractivity contribution in [2.24, 2.45) is 5.92 Å². The van der Waals surface area contributed by atoms with Gasteiger partial charge in [0.1, 0.15) is 0 Å². The predicted octanol–water partition coefficient (Wildman–Crippen LogP) is 2.80. The quantitative estimate of drug-likeness (QED) is 0.742. The molecule has 0 aliphatic carbocycles. The maximum Gasteiger partial charge on any atom is 0.225 e. The summed E-state index contributed by atoms with van der Waals surface area (Å²) in [5, 5.41) is 12.7. The fourth-order valence-corrected chi connectivity index (χ4v) is 4.52. The number of nitrogens with zero attached hydrogens (tertiary/aromatic N) is 5. The summed E-state index contributed by atoms with van der Waals surface area (Å²) in [6.07, 6.45) is 1.85. The molecule has 1 N–H and O–H groups in total. The van der Waals surface area contributed by atoms with Gasteiger partial charge in [0.15, 0.2) is 11.6 Å². The van der Waals surface area contributed by atoms with Crippen LogP contribution in [-0.4, -0.2) is 66.8 Å². The van der Waals surface area contributed by atoms with Gasteiger partial charge in [-0.25, -0.2) is 0 Å². The van der Waals surface area contributed by atoms with E-state index in [9.17, 15) is 4.79 Å². The third-order valence-electron chi connectivity index (χ3n) is 6.31. The Balaban J connectivity index is 1.32. The second-order valence-corrected chi connectivity index (χ2v) is 8.67. The van der Waals surface area contributed by atoms with Crippen LogP contribution in [0.4, 0.5) is 11.6 Å². The number of halogens is 1.